The van der Waals surface area contributed by atoms with E-state index in [9.17, 15) is 4.79 Å². The lowest BCUT2D eigenvalue weighted by molar-refractivity contribution is -0.110. The first-order chi connectivity index (χ1) is 12.3. The Bertz CT molecular complexity index is 868. The smallest absolute Gasteiger partial charge is 0.256 e. The zero-order valence-electron chi connectivity index (χ0n) is 15.8. The summed E-state index contributed by atoms with van der Waals surface area (Å²) in [4.78, 5) is 12.5. The normalized spacial score (nSPS) is 14.9. The van der Waals surface area contributed by atoms with Gasteiger partial charge in [0.15, 0.2) is 0 Å². The highest BCUT2D eigenvalue weighted by Crippen LogP contribution is 2.39. The summed E-state index contributed by atoms with van der Waals surface area (Å²) in [5.74, 6) is 1.48. The zero-order chi connectivity index (χ0) is 19.0. The number of halogens is 1. The van der Waals surface area contributed by atoms with E-state index in [0.717, 1.165) is 33.7 Å². The van der Waals surface area contributed by atoms with Crippen LogP contribution >= 0.6 is 11.6 Å². The van der Waals surface area contributed by atoms with Gasteiger partial charge in [-0.2, -0.15) is 0 Å². The second-order valence-electron chi connectivity index (χ2n) is 7.24. The van der Waals surface area contributed by atoms with Gasteiger partial charge in [-0.3, -0.25) is 4.79 Å². The molecule has 1 heterocycles. The number of methoxy groups -OCH3 is 1. The Kier molecular flexibility index (Phi) is 5.10. The van der Waals surface area contributed by atoms with Crippen LogP contribution in [0.25, 0.3) is 11.6 Å². The predicted octanol–water partition coefficient (Wildman–Crippen LogP) is 6.09. The molecule has 0 atom stereocenters. The van der Waals surface area contributed by atoms with Gasteiger partial charge < -0.3 is 10.1 Å². The van der Waals surface area contributed by atoms with Crippen molar-refractivity contribution in [2.24, 2.45) is 0 Å². The molecule has 0 bridgehead atoms. The molecule has 2 aromatic carbocycles. The Hall–Kier alpha value is -2.26. The molecule has 0 unspecified atom stereocenters. The van der Waals surface area contributed by atoms with Gasteiger partial charge in [-0.25, -0.2) is 0 Å². The number of benzene rings is 2. The van der Waals surface area contributed by atoms with Crippen molar-refractivity contribution in [1.82, 2.24) is 0 Å². The Labute approximate surface area is 160 Å². The summed E-state index contributed by atoms with van der Waals surface area (Å²) in [7, 11) is 1.72. The van der Waals surface area contributed by atoms with Crippen LogP contribution in [0.3, 0.4) is 0 Å². The van der Waals surface area contributed by atoms with Gasteiger partial charge in [0.2, 0.25) is 0 Å². The summed E-state index contributed by atoms with van der Waals surface area (Å²) in [5, 5.41) is 3.52. The molecular formula is C22H24ClNO2. The third kappa shape index (κ3) is 3.36. The maximum atomic E-state index is 12.5. The summed E-state index contributed by atoms with van der Waals surface area (Å²) in [5.41, 5.74) is 5.57. The highest BCUT2D eigenvalue weighted by molar-refractivity contribution is 6.36. The monoisotopic (exact) mass is 369 g/mol. The summed E-state index contributed by atoms with van der Waals surface area (Å²) in [6.07, 6.45) is 1.94. The van der Waals surface area contributed by atoms with Crippen molar-refractivity contribution in [1.29, 1.82) is 0 Å². The van der Waals surface area contributed by atoms with E-state index in [0.29, 0.717) is 22.4 Å². The number of hydrogen-bond donors (Lipinski definition) is 1. The molecule has 0 fully saturated rings. The SMILES string of the molecule is COc1c(C(C)C)cc(/C=C2/C(=O)Nc3ccc(Cl)cc32)cc1C(C)C. The molecule has 3 rings (SSSR count). The van der Waals surface area contributed by atoms with Crippen molar-refractivity contribution in [3.05, 3.63) is 57.6 Å². The van der Waals surface area contributed by atoms with E-state index in [2.05, 4.69) is 45.1 Å². The molecule has 1 N–H and O–H groups in total. The number of ether oxygens (including phenoxy) is 1. The highest BCUT2D eigenvalue weighted by Gasteiger charge is 2.25. The molecule has 0 spiro atoms. The van der Waals surface area contributed by atoms with Crippen LogP contribution in [0, 0.1) is 0 Å². The average molecular weight is 370 g/mol. The van der Waals surface area contributed by atoms with E-state index in [1.165, 1.54) is 0 Å². The fraction of sp³-hybridized carbons (Fsp3) is 0.318. The lowest BCUT2D eigenvalue weighted by atomic mass is 9.90. The second-order valence-corrected chi connectivity index (χ2v) is 7.68. The number of anilines is 1. The van der Waals surface area contributed by atoms with Gasteiger partial charge >= 0.3 is 0 Å². The fourth-order valence-corrected chi connectivity index (χ4v) is 3.52. The third-order valence-corrected chi connectivity index (χ3v) is 4.93. The van der Waals surface area contributed by atoms with E-state index in [1.807, 2.05) is 18.2 Å². The molecule has 1 aliphatic rings. The van der Waals surface area contributed by atoms with Gasteiger partial charge in [-0.05, 0) is 64.9 Å². The largest absolute Gasteiger partial charge is 0.496 e. The Balaban J connectivity index is 2.18. The number of amides is 1. The number of carbonyl (C=O) groups excluding carboxylic acids is 1. The first-order valence-corrected chi connectivity index (χ1v) is 9.24. The molecule has 136 valence electrons. The van der Waals surface area contributed by atoms with E-state index in [-0.39, 0.29) is 5.91 Å². The van der Waals surface area contributed by atoms with Crippen LogP contribution in [0.2, 0.25) is 5.02 Å². The topological polar surface area (TPSA) is 38.3 Å². The van der Waals surface area contributed by atoms with Crippen LogP contribution in [-0.2, 0) is 4.79 Å². The van der Waals surface area contributed by atoms with E-state index in [4.69, 9.17) is 16.3 Å². The number of rotatable bonds is 4. The van der Waals surface area contributed by atoms with Crippen molar-refractivity contribution >= 4 is 34.8 Å². The summed E-state index contributed by atoms with van der Waals surface area (Å²) >= 11 is 6.13. The number of hydrogen-bond acceptors (Lipinski definition) is 2. The average Bonchev–Trinajstić information content (AvgIpc) is 2.89. The van der Waals surface area contributed by atoms with E-state index < -0.39 is 0 Å². The van der Waals surface area contributed by atoms with Gasteiger partial charge in [-0.15, -0.1) is 0 Å². The number of nitrogens with one attached hydrogen (secondary N) is 1. The van der Waals surface area contributed by atoms with Gasteiger partial charge in [0.25, 0.3) is 5.91 Å². The van der Waals surface area contributed by atoms with Crippen molar-refractivity contribution in [2.45, 2.75) is 39.5 Å². The Morgan fingerprint density at radius 2 is 1.65 bits per heavy atom. The highest BCUT2D eigenvalue weighted by atomic mass is 35.5. The van der Waals surface area contributed by atoms with Gasteiger partial charge in [0.05, 0.1) is 7.11 Å². The Morgan fingerprint density at radius 1 is 1.04 bits per heavy atom. The van der Waals surface area contributed by atoms with Gasteiger partial charge in [0, 0.05) is 21.8 Å². The van der Waals surface area contributed by atoms with Crippen molar-refractivity contribution in [2.75, 3.05) is 12.4 Å². The van der Waals surface area contributed by atoms with Crippen LogP contribution < -0.4 is 10.1 Å². The molecule has 0 aromatic heterocycles. The van der Waals surface area contributed by atoms with Gasteiger partial charge in [0.1, 0.15) is 5.75 Å². The first-order valence-electron chi connectivity index (χ1n) is 8.86. The quantitative estimate of drug-likeness (QED) is 0.662. The first kappa shape index (κ1) is 18.5. The van der Waals surface area contributed by atoms with Crippen LogP contribution in [-0.4, -0.2) is 13.0 Å². The van der Waals surface area contributed by atoms with Crippen LogP contribution in [0.4, 0.5) is 5.69 Å². The maximum Gasteiger partial charge on any atom is 0.256 e. The molecule has 0 saturated heterocycles. The standard InChI is InChI=1S/C22H24ClNO2/c1-12(2)16-8-14(9-17(13(3)4)21(16)26-5)10-19-18-11-15(23)6-7-20(18)24-22(19)25/h6-13H,1-5H3,(H,24,25)/b19-10+. The molecule has 0 radical (unpaired) electrons. The van der Waals surface area contributed by atoms with E-state index >= 15 is 0 Å². The number of fused-ring (bicyclic) bond motifs is 1. The van der Waals surface area contributed by atoms with Crippen molar-refractivity contribution in [3.63, 3.8) is 0 Å². The predicted molar refractivity (Wildman–Crippen MR) is 109 cm³/mol. The summed E-state index contributed by atoms with van der Waals surface area (Å²) < 4.78 is 5.70. The van der Waals surface area contributed by atoms with Crippen LogP contribution in [0.1, 0.15) is 61.8 Å². The van der Waals surface area contributed by atoms with Crippen molar-refractivity contribution < 1.29 is 9.53 Å². The lowest BCUT2D eigenvalue weighted by Crippen LogP contribution is -2.04. The third-order valence-electron chi connectivity index (χ3n) is 4.69. The molecule has 1 aliphatic heterocycles. The maximum absolute atomic E-state index is 12.5. The molecule has 2 aromatic rings. The molecule has 1 amide bonds. The minimum absolute atomic E-state index is 0.102. The molecule has 3 nitrogen and oxygen atoms in total. The minimum Gasteiger partial charge on any atom is -0.496 e. The molecular weight excluding hydrogens is 346 g/mol. The van der Waals surface area contributed by atoms with Crippen molar-refractivity contribution in [3.8, 4) is 5.75 Å². The molecule has 0 aliphatic carbocycles. The molecule has 4 heteroatoms. The minimum atomic E-state index is -0.102. The summed E-state index contributed by atoms with van der Waals surface area (Å²) in [6.45, 7) is 8.60. The summed E-state index contributed by atoms with van der Waals surface area (Å²) in [6, 6.07) is 9.67. The molecule has 26 heavy (non-hydrogen) atoms. The molecule has 0 saturated carbocycles. The lowest BCUT2D eigenvalue weighted by Gasteiger charge is -2.19. The van der Waals surface area contributed by atoms with E-state index in [1.54, 1.807) is 13.2 Å². The van der Waals surface area contributed by atoms with Crippen LogP contribution in [0.15, 0.2) is 30.3 Å². The zero-order valence-corrected chi connectivity index (χ0v) is 16.6. The van der Waals surface area contributed by atoms with Crippen LogP contribution in [0.5, 0.6) is 5.75 Å². The number of carbonyl (C=O) groups is 1. The Morgan fingerprint density at radius 3 is 2.19 bits per heavy atom. The fourth-order valence-electron chi connectivity index (χ4n) is 3.35. The van der Waals surface area contributed by atoms with Gasteiger partial charge in [-0.1, -0.05) is 39.3 Å². The second kappa shape index (κ2) is 7.16.